The Hall–Kier alpha value is -2.08. The summed E-state index contributed by atoms with van der Waals surface area (Å²) < 4.78 is 0. The van der Waals surface area contributed by atoms with Crippen LogP contribution in [-0.2, 0) is 5.41 Å². The zero-order chi connectivity index (χ0) is 14.0. The van der Waals surface area contributed by atoms with E-state index in [1.807, 2.05) is 0 Å². The first kappa shape index (κ1) is 12.9. The predicted molar refractivity (Wildman–Crippen MR) is 86.7 cm³/mol. The van der Waals surface area contributed by atoms with Crippen LogP contribution in [0.2, 0.25) is 0 Å². The van der Waals surface area contributed by atoms with Gasteiger partial charge in [0.25, 0.3) is 0 Å². The van der Waals surface area contributed by atoms with Crippen molar-refractivity contribution >= 4 is 5.57 Å². The minimum atomic E-state index is 0.117. The Balaban J connectivity index is 1.86. The molecule has 0 aliphatic heterocycles. The number of hydrogen-bond acceptors (Lipinski definition) is 0. The highest BCUT2D eigenvalue weighted by molar-refractivity contribution is 5.75. The smallest absolute Gasteiger partial charge is 0.0142 e. The Morgan fingerprint density at radius 3 is 2.20 bits per heavy atom. The fourth-order valence-corrected chi connectivity index (χ4v) is 2.72. The molecule has 0 nitrogen and oxygen atoms in total. The molecule has 2 aromatic carbocycles. The van der Waals surface area contributed by atoms with Crippen LogP contribution >= 0.6 is 0 Å². The molecule has 0 bridgehead atoms. The van der Waals surface area contributed by atoms with Crippen LogP contribution < -0.4 is 0 Å². The molecule has 0 heteroatoms. The Morgan fingerprint density at radius 1 is 0.900 bits per heavy atom. The molecule has 0 spiro atoms. The molecule has 100 valence electrons. The van der Waals surface area contributed by atoms with E-state index in [9.17, 15) is 0 Å². The number of aryl methyl sites for hydroxylation is 1. The van der Waals surface area contributed by atoms with Gasteiger partial charge in [-0.1, -0.05) is 85.3 Å². The predicted octanol–water partition coefficient (Wildman–Crippen LogP) is 5.30. The SMILES string of the molecule is Cc1ccc(C2(C)C=CC(c3ccccc3)=CC2)cc1. The molecule has 0 N–H and O–H groups in total. The lowest BCUT2D eigenvalue weighted by Gasteiger charge is -2.29. The van der Waals surface area contributed by atoms with Crippen LogP contribution in [0.15, 0.2) is 72.8 Å². The molecular formula is C20H20. The summed E-state index contributed by atoms with van der Waals surface area (Å²) in [7, 11) is 0. The van der Waals surface area contributed by atoms with Gasteiger partial charge in [-0.25, -0.2) is 0 Å². The molecule has 0 fully saturated rings. The van der Waals surface area contributed by atoms with Gasteiger partial charge in [-0.2, -0.15) is 0 Å². The van der Waals surface area contributed by atoms with E-state index in [0.717, 1.165) is 6.42 Å². The van der Waals surface area contributed by atoms with Crippen molar-refractivity contribution in [3.8, 4) is 0 Å². The van der Waals surface area contributed by atoms with Crippen molar-refractivity contribution < 1.29 is 0 Å². The maximum Gasteiger partial charge on any atom is 0.0142 e. The quantitative estimate of drug-likeness (QED) is 0.687. The van der Waals surface area contributed by atoms with Crippen LogP contribution in [0.3, 0.4) is 0 Å². The molecule has 1 atom stereocenters. The fourth-order valence-electron chi connectivity index (χ4n) is 2.72. The summed E-state index contributed by atoms with van der Waals surface area (Å²) in [4.78, 5) is 0. The summed E-state index contributed by atoms with van der Waals surface area (Å²) in [5, 5.41) is 0. The van der Waals surface area contributed by atoms with Gasteiger partial charge >= 0.3 is 0 Å². The molecule has 1 aliphatic rings. The molecule has 1 aliphatic carbocycles. The normalized spacial score (nSPS) is 21.6. The van der Waals surface area contributed by atoms with E-state index in [0.29, 0.717) is 0 Å². The van der Waals surface area contributed by atoms with Crippen LogP contribution in [0.25, 0.3) is 5.57 Å². The molecule has 0 heterocycles. The number of benzene rings is 2. The van der Waals surface area contributed by atoms with Gasteiger partial charge in [0.2, 0.25) is 0 Å². The summed E-state index contributed by atoms with van der Waals surface area (Å²) >= 11 is 0. The molecule has 0 aromatic heterocycles. The van der Waals surface area contributed by atoms with E-state index in [1.54, 1.807) is 0 Å². The molecule has 0 saturated carbocycles. The number of hydrogen-bond donors (Lipinski definition) is 0. The van der Waals surface area contributed by atoms with Crippen molar-refractivity contribution in [2.75, 3.05) is 0 Å². The van der Waals surface area contributed by atoms with Crippen LogP contribution in [0.5, 0.6) is 0 Å². The van der Waals surface area contributed by atoms with Crippen molar-refractivity contribution in [2.24, 2.45) is 0 Å². The lowest BCUT2D eigenvalue weighted by Crippen LogP contribution is -2.20. The average Bonchev–Trinajstić information content (AvgIpc) is 2.49. The maximum atomic E-state index is 2.36. The summed E-state index contributed by atoms with van der Waals surface area (Å²) in [6.45, 7) is 4.45. The lowest BCUT2D eigenvalue weighted by atomic mass is 9.75. The molecule has 0 saturated heterocycles. The minimum absolute atomic E-state index is 0.117. The Morgan fingerprint density at radius 2 is 1.60 bits per heavy atom. The zero-order valence-corrected chi connectivity index (χ0v) is 12.1. The van der Waals surface area contributed by atoms with Gasteiger partial charge < -0.3 is 0 Å². The summed E-state index contributed by atoms with van der Waals surface area (Å²) in [5.74, 6) is 0. The van der Waals surface area contributed by atoms with Gasteiger partial charge in [-0.15, -0.1) is 0 Å². The molecule has 3 rings (SSSR count). The largest absolute Gasteiger partial charge is 0.0755 e. The average molecular weight is 260 g/mol. The zero-order valence-electron chi connectivity index (χ0n) is 12.1. The van der Waals surface area contributed by atoms with Crippen molar-refractivity contribution in [2.45, 2.75) is 25.7 Å². The van der Waals surface area contributed by atoms with Gasteiger partial charge in [0.05, 0.1) is 0 Å². The first-order chi connectivity index (χ1) is 9.67. The van der Waals surface area contributed by atoms with E-state index in [1.165, 1.54) is 22.3 Å². The summed E-state index contributed by atoms with van der Waals surface area (Å²) in [6, 6.07) is 19.5. The standard InChI is InChI=1S/C20H20/c1-16-8-10-19(11-9-16)20(2)14-12-18(13-15-20)17-6-4-3-5-7-17/h3-14H,15H2,1-2H3. The Bertz CT molecular complexity index is 644. The van der Waals surface area contributed by atoms with E-state index in [4.69, 9.17) is 0 Å². The fraction of sp³-hybridized carbons (Fsp3) is 0.200. The van der Waals surface area contributed by atoms with Gasteiger partial charge in [0.1, 0.15) is 0 Å². The second kappa shape index (κ2) is 5.13. The van der Waals surface area contributed by atoms with Gasteiger partial charge in [-0.3, -0.25) is 0 Å². The second-order valence-corrected chi connectivity index (χ2v) is 5.85. The van der Waals surface area contributed by atoms with E-state index in [2.05, 4.69) is 86.7 Å². The number of allylic oxidation sites excluding steroid dienone is 4. The van der Waals surface area contributed by atoms with Crippen LogP contribution in [-0.4, -0.2) is 0 Å². The highest BCUT2D eigenvalue weighted by Crippen LogP contribution is 2.36. The highest BCUT2D eigenvalue weighted by Gasteiger charge is 2.24. The molecular weight excluding hydrogens is 240 g/mol. The molecule has 0 radical (unpaired) electrons. The molecule has 0 amide bonds. The molecule has 2 aromatic rings. The molecule has 1 unspecified atom stereocenters. The Labute approximate surface area is 121 Å². The van der Waals surface area contributed by atoms with E-state index < -0.39 is 0 Å². The first-order valence-electron chi connectivity index (χ1n) is 7.19. The van der Waals surface area contributed by atoms with Crippen LogP contribution in [0.4, 0.5) is 0 Å². The summed E-state index contributed by atoms with van der Waals surface area (Å²) in [5.41, 5.74) is 5.46. The third-order valence-electron chi connectivity index (χ3n) is 4.19. The van der Waals surface area contributed by atoms with Crippen LogP contribution in [0, 0.1) is 6.92 Å². The summed E-state index contributed by atoms with van der Waals surface area (Å²) in [6.07, 6.45) is 8.02. The Kier molecular flexibility index (Phi) is 3.31. The van der Waals surface area contributed by atoms with Crippen molar-refractivity contribution in [3.05, 3.63) is 89.5 Å². The van der Waals surface area contributed by atoms with Crippen molar-refractivity contribution in [1.82, 2.24) is 0 Å². The van der Waals surface area contributed by atoms with Gasteiger partial charge in [-0.05, 0) is 30.0 Å². The minimum Gasteiger partial charge on any atom is -0.0755 e. The highest BCUT2D eigenvalue weighted by atomic mass is 14.3. The molecule has 20 heavy (non-hydrogen) atoms. The van der Waals surface area contributed by atoms with Crippen molar-refractivity contribution in [1.29, 1.82) is 0 Å². The topological polar surface area (TPSA) is 0 Å². The van der Waals surface area contributed by atoms with Gasteiger partial charge in [0.15, 0.2) is 0 Å². The van der Waals surface area contributed by atoms with Crippen molar-refractivity contribution in [3.63, 3.8) is 0 Å². The monoisotopic (exact) mass is 260 g/mol. The van der Waals surface area contributed by atoms with E-state index in [-0.39, 0.29) is 5.41 Å². The van der Waals surface area contributed by atoms with Gasteiger partial charge in [0, 0.05) is 5.41 Å². The van der Waals surface area contributed by atoms with E-state index >= 15 is 0 Å². The lowest BCUT2D eigenvalue weighted by molar-refractivity contribution is 0.601. The maximum absolute atomic E-state index is 2.36. The van der Waals surface area contributed by atoms with Crippen LogP contribution in [0.1, 0.15) is 30.0 Å². The third kappa shape index (κ3) is 2.46. The number of rotatable bonds is 2. The third-order valence-corrected chi connectivity index (χ3v) is 4.19. The first-order valence-corrected chi connectivity index (χ1v) is 7.19. The second-order valence-electron chi connectivity index (χ2n) is 5.85.